The van der Waals surface area contributed by atoms with E-state index in [0.717, 1.165) is 33.4 Å². The Morgan fingerprint density at radius 1 is 1.24 bits per heavy atom. The summed E-state index contributed by atoms with van der Waals surface area (Å²) in [6.07, 6.45) is 7.36. The summed E-state index contributed by atoms with van der Waals surface area (Å²) in [5, 5.41) is 17.4. The zero-order valence-corrected chi connectivity index (χ0v) is 17.9. The highest BCUT2D eigenvalue weighted by Crippen LogP contribution is 2.25. The van der Waals surface area contributed by atoms with Crippen LogP contribution in [-0.4, -0.2) is 21.9 Å². The first kappa shape index (κ1) is 19.8. The molecule has 0 radical (unpaired) electrons. The molecule has 1 aromatic carbocycles. The average Bonchev–Trinajstić information content (AvgIpc) is 3.34. The molecule has 1 fully saturated rings. The second-order valence-corrected chi connectivity index (χ2v) is 8.58. The average molecular weight is 475 g/mol. The van der Waals surface area contributed by atoms with E-state index in [2.05, 4.69) is 21.0 Å². The maximum absolute atomic E-state index is 10.8. The highest BCUT2D eigenvalue weighted by molar-refractivity contribution is 9.10. The molecule has 0 saturated heterocycles. The molecule has 1 aliphatic carbocycles. The van der Waals surface area contributed by atoms with Crippen LogP contribution >= 0.6 is 27.3 Å². The lowest BCUT2D eigenvalue weighted by molar-refractivity contribution is -0.402. The van der Waals surface area contributed by atoms with Crippen LogP contribution in [0.1, 0.15) is 37.9 Å². The smallest absolute Gasteiger partial charge is 0.400 e. The number of rotatable bonds is 5. The van der Waals surface area contributed by atoms with Gasteiger partial charge in [0.15, 0.2) is 5.76 Å². The molecule has 29 heavy (non-hydrogen) atoms. The predicted octanol–water partition coefficient (Wildman–Crippen LogP) is 5.60. The molecule has 0 amide bonds. The van der Waals surface area contributed by atoms with Gasteiger partial charge in [-0.15, -0.1) is 11.3 Å². The van der Waals surface area contributed by atoms with E-state index >= 15 is 0 Å². The molecule has 7 nitrogen and oxygen atoms in total. The van der Waals surface area contributed by atoms with Gasteiger partial charge in [0.2, 0.25) is 4.80 Å². The van der Waals surface area contributed by atoms with E-state index in [1.807, 2.05) is 29.6 Å². The van der Waals surface area contributed by atoms with Gasteiger partial charge in [-0.05, 0) is 31.0 Å². The summed E-state index contributed by atoms with van der Waals surface area (Å²) in [6.45, 7) is 0. The van der Waals surface area contributed by atoms with Crippen LogP contribution in [0.4, 0.5) is 5.88 Å². The van der Waals surface area contributed by atoms with Gasteiger partial charge in [-0.2, -0.15) is 5.10 Å². The van der Waals surface area contributed by atoms with Gasteiger partial charge in [-0.3, -0.25) is 15.1 Å². The van der Waals surface area contributed by atoms with Crippen molar-refractivity contribution in [2.75, 3.05) is 0 Å². The summed E-state index contributed by atoms with van der Waals surface area (Å²) < 4.78 is 7.96. The van der Waals surface area contributed by atoms with Crippen molar-refractivity contribution in [3.63, 3.8) is 0 Å². The number of nitrogens with zero attached hydrogens (tertiary/aromatic N) is 4. The molecule has 0 aliphatic heterocycles. The molecule has 2 heterocycles. The summed E-state index contributed by atoms with van der Waals surface area (Å²) in [5.41, 5.74) is 1.91. The summed E-state index contributed by atoms with van der Waals surface area (Å²) in [5.74, 6) is 0.0142. The fourth-order valence-electron chi connectivity index (χ4n) is 3.34. The minimum absolute atomic E-state index is 0.305. The molecule has 0 atom stereocenters. The van der Waals surface area contributed by atoms with E-state index < -0.39 is 4.92 Å². The van der Waals surface area contributed by atoms with Gasteiger partial charge in [-0.25, -0.2) is 4.68 Å². The third-order valence-corrected chi connectivity index (χ3v) is 6.09. The van der Waals surface area contributed by atoms with Crippen molar-refractivity contribution >= 4 is 39.4 Å². The lowest BCUT2D eigenvalue weighted by Crippen LogP contribution is -2.18. The Morgan fingerprint density at radius 2 is 2.07 bits per heavy atom. The Labute approximate surface area is 179 Å². The van der Waals surface area contributed by atoms with Gasteiger partial charge < -0.3 is 4.42 Å². The SMILES string of the molecule is O=[N+]([O-])c1ccc(C=Nn2c(-c3cccc(Br)c3)csc2=NC2CCCCC2)o1. The van der Waals surface area contributed by atoms with Crippen molar-refractivity contribution in [3.05, 3.63) is 66.9 Å². The van der Waals surface area contributed by atoms with Gasteiger partial charge in [0.25, 0.3) is 0 Å². The molecular weight excluding hydrogens is 456 g/mol. The molecule has 3 aromatic rings. The minimum Gasteiger partial charge on any atom is -0.400 e. The standard InChI is InChI=1S/C20H19BrN4O3S/c21-15-6-4-5-14(11-15)18-13-29-20(23-16-7-2-1-3-8-16)24(18)22-12-17-9-10-19(28-17)25(26)27/h4-6,9-13,16H,1-3,7-8H2. The number of hydrogen-bond acceptors (Lipinski definition) is 6. The Morgan fingerprint density at radius 3 is 2.79 bits per heavy atom. The third kappa shape index (κ3) is 4.73. The Bertz CT molecular complexity index is 1110. The van der Waals surface area contributed by atoms with Gasteiger partial charge in [0.05, 0.1) is 24.0 Å². The van der Waals surface area contributed by atoms with Crippen LogP contribution in [0.25, 0.3) is 11.3 Å². The molecule has 150 valence electrons. The van der Waals surface area contributed by atoms with Gasteiger partial charge >= 0.3 is 5.88 Å². The molecule has 0 bridgehead atoms. The summed E-state index contributed by atoms with van der Waals surface area (Å²) in [7, 11) is 0. The zero-order chi connectivity index (χ0) is 20.2. The largest absolute Gasteiger partial charge is 0.433 e. The van der Waals surface area contributed by atoms with Crippen molar-refractivity contribution < 1.29 is 9.34 Å². The molecule has 1 aliphatic rings. The number of benzene rings is 1. The number of hydrogen-bond donors (Lipinski definition) is 0. The molecule has 9 heteroatoms. The van der Waals surface area contributed by atoms with Crippen molar-refractivity contribution in [3.8, 4) is 11.3 Å². The van der Waals surface area contributed by atoms with Gasteiger partial charge in [-0.1, -0.05) is 47.3 Å². The zero-order valence-electron chi connectivity index (χ0n) is 15.5. The molecule has 0 N–H and O–H groups in total. The number of halogens is 1. The van der Waals surface area contributed by atoms with Crippen LogP contribution < -0.4 is 4.80 Å². The highest BCUT2D eigenvalue weighted by Gasteiger charge is 2.15. The van der Waals surface area contributed by atoms with E-state index in [9.17, 15) is 10.1 Å². The van der Waals surface area contributed by atoms with Crippen LogP contribution in [0.5, 0.6) is 0 Å². The third-order valence-electron chi connectivity index (χ3n) is 4.77. The van der Waals surface area contributed by atoms with Gasteiger partial charge in [0, 0.05) is 15.4 Å². The summed E-state index contributed by atoms with van der Waals surface area (Å²) >= 11 is 5.06. The summed E-state index contributed by atoms with van der Waals surface area (Å²) in [6, 6.07) is 11.1. The van der Waals surface area contributed by atoms with Crippen LogP contribution in [0.3, 0.4) is 0 Å². The number of aromatic nitrogens is 1. The molecule has 0 unspecified atom stereocenters. The first-order chi connectivity index (χ1) is 14.1. The quantitative estimate of drug-likeness (QED) is 0.274. The van der Waals surface area contributed by atoms with E-state index in [1.165, 1.54) is 37.6 Å². The van der Waals surface area contributed by atoms with Crippen molar-refractivity contribution in [1.82, 2.24) is 4.68 Å². The number of furan rings is 1. The van der Waals surface area contributed by atoms with Crippen molar-refractivity contribution in [1.29, 1.82) is 0 Å². The monoisotopic (exact) mass is 474 g/mol. The van der Waals surface area contributed by atoms with Crippen LogP contribution in [-0.2, 0) is 0 Å². The first-order valence-electron chi connectivity index (χ1n) is 9.39. The van der Waals surface area contributed by atoms with E-state index in [4.69, 9.17) is 9.41 Å². The highest BCUT2D eigenvalue weighted by atomic mass is 79.9. The van der Waals surface area contributed by atoms with E-state index in [0.29, 0.717) is 11.8 Å². The molecule has 1 saturated carbocycles. The second kappa shape index (κ2) is 8.87. The number of thiazole rings is 1. The van der Waals surface area contributed by atoms with E-state index in [1.54, 1.807) is 16.0 Å². The fraction of sp³-hybridized carbons (Fsp3) is 0.300. The van der Waals surface area contributed by atoms with Crippen molar-refractivity contribution in [2.24, 2.45) is 10.1 Å². The fourth-order valence-corrected chi connectivity index (χ4v) is 4.64. The summed E-state index contributed by atoms with van der Waals surface area (Å²) in [4.78, 5) is 16.0. The topological polar surface area (TPSA) is 85.9 Å². The Kier molecular flexibility index (Phi) is 6.05. The maximum atomic E-state index is 10.8. The molecule has 0 spiro atoms. The lowest BCUT2D eigenvalue weighted by atomic mass is 9.96. The maximum Gasteiger partial charge on any atom is 0.433 e. The van der Waals surface area contributed by atoms with E-state index in [-0.39, 0.29) is 5.88 Å². The Hall–Kier alpha value is -2.52. The number of nitro groups is 1. The Balaban J connectivity index is 1.75. The van der Waals surface area contributed by atoms with Crippen LogP contribution in [0.2, 0.25) is 0 Å². The van der Waals surface area contributed by atoms with Crippen LogP contribution in [0.15, 0.2) is 60.8 Å². The minimum atomic E-state index is -0.564. The van der Waals surface area contributed by atoms with Crippen molar-refractivity contribution in [2.45, 2.75) is 38.1 Å². The van der Waals surface area contributed by atoms with Crippen LogP contribution in [0, 0.1) is 10.1 Å². The first-order valence-corrected chi connectivity index (χ1v) is 11.1. The predicted molar refractivity (Wildman–Crippen MR) is 116 cm³/mol. The second-order valence-electron chi connectivity index (χ2n) is 6.82. The molecule has 2 aromatic heterocycles. The van der Waals surface area contributed by atoms with Gasteiger partial charge in [0.1, 0.15) is 4.92 Å². The molecular formula is C20H19BrN4O3S. The molecule has 4 rings (SSSR count). The normalized spacial score (nSPS) is 16.0. The lowest BCUT2D eigenvalue weighted by Gasteiger charge is -2.16.